The monoisotopic (exact) mass is 185 g/mol. The Morgan fingerprint density at radius 2 is 2.15 bits per heavy atom. The molecule has 0 saturated carbocycles. The summed E-state index contributed by atoms with van der Waals surface area (Å²) in [5.41, 5.74) is 0. The van der Waals surface area contributed by atoms with E-state index < -0.39 is 0 Å². The molecule has 1 saturated heterocycles. The van der Waals surface area contributed by atoms with E-state index in [-0.39, 0.29) is 6.03 Å². The summed E-state index contributed by atoms with van der Waals surface area (Å²) >= 11 is 0. The minimum Gasteiger partial charge on any atom is -0.331 e. The van der Waals surface area contributed by atoms with Crippen LogP contribution in [0.1, 0.15) is 12.8 Å². The van der Waals surface area contributed by atoms with Gasteiger partial charge in [-0.25, -0.2) is 4.79 Å². The van der Waals surface area contributed by atoms with E-state index in [0.29, 0.717) is 6.04 Å². The van der Waals surface area contributed by atoms with Crippen molar-refractivity contribution in [3.63, 3.8) is 0 Å². The molecule has 1 unspecified atom stereocenters. The lowest BCUT2D eigenvalue weighted by molar-refractivity contribution is 0.178. The summed E-state index contributed by atoms with van der Waals surface area (Å²) < 4.78 is 0. The van der Waals surface area contributed by atoms with Gasteiger partial charge in [0.05, 0.1) is 0 Å². The summed E-state index contributed by atoms with van der Waals surface area (Å²) in [6.45, 7) is 1.91. The van der Waals surface area contributed by atoms with Crippen molar-refractivity contribution >= 4 is 6.03 Å². The first-order valence-electron chi connectivity index (χ1n) is 4.77. The molecule has 0 aromatic carbocycles. The molecule has 0 bridgehead atoms. The van der Waals surface area contributed by atoms with E-state index in [2.05, 4.69) is 5.32 Å². The van der Waals surface area contributed by atoms with Crippen molar-refractivity contribution in [2.45, 2.75) is 18.9 Å². The third-order valence-electron chi connectivity index (χ3n) is 2.37. The molecule has 1 atom stereocenters. The average Bonchev–Trinajstić information content (AvgIpc) is 2.55. The van der Waals surface area contributed by atoms with Crippen LogP contribution in [0.25, 0.3) is 0 Å². The largest absolute Gasteiger partial charge is 0.331 e. The van der Waals surface area contributed by atoms with Gasteiger partial charge in [0.2, 0.25) is 0 Å². The number of amides is 2. The van der Waals surface area contributed by atoms with E-state index in [1.165, 1.54) is 12.8 Å². The Hall–Kier alpha value is -0.770. The summed E-state index contributed by atoms with van der Waals surface area (Å²) in [5, 5.41) is 3.37. The van der Waals surface area contributed by atoms with E-state index in [1.54, 1.807) is 23.9 Å². The Balaban J connectivity index is 2.31. The number of hydrogen-bond donors (Lipinski definition) is 1. The molecule has 0 spiro atoms. The van der Waals surface area contributed by atoms with Gasteiger partial charge in [-0.05, 0) is 19.4 Å². The minimum absolute atomic E-state index is 0.0775. The quantitative estimate of drug-likeness (QED) is 0.674. The normalized spacial score (nSPS) is 21.6. The van der Waals surface area contributed by atoms with Crippen LogP contribution in [0.15, 0.2) is 0 Å². The number of hydrogen-bond acceptors (Lipinski definition) is 2. The van der Waals surface area contributed by atoms with Crippen LogP contribution in [-0.2, 0) is 0 Å². The summed E-state index contributed by atoms with van der Waals surface area (Å²) in [5.74, 6) is 0. The molecule has 1 aliphatic heterocycles. The fourth-order valence-electron chi connectivity index (χ4n) is 1.66. The van der Waals surface area contributed by atoms with E-state index in [9.17, 15) is 4.79 Å². The minimum atomic E-state index is 0.0775. The van der Waals surface area contributed by atoms with E-state index in [4.69, 9.17) is 0 Å². The number of carbonyl (C=O) groups excluding carboxylic acids is 1. The summed E-state index contributed by atoms with van der Waals surface area (Å²) in [4.78, 5) is 14.8. The molecule has 4 heteroatoms. The zero-order valence-corrected chi connectivity index (χ0v) is 8.71. The number of carbonyl (C=O) groups is 1. The molecule has 0 radical (unpaired) electrons. The van der Waals surface area contributed by atoms with Crippen molar-refractivity contribution in [2.75, 3.05) is 34.2 Å². The van der Waals surface area contributed by atoms with Crippen molar-refractivity contribution in [3.05, 3.63) is 0 Å². The van der Waals surface area contributed by atoms with E-state index in [0.717, 1.165) is 13.1 Å². The van der Waals surface area contributed by atoms with Crippen molar-refractivity contribution in [2.24, 2.45) is 0 Å². The van der Waals surface area contributed by atoms with Crippen molar-refractivity contribution in [1.29, 1.82) is 0 Å². The van der Waals surface area contributed by atoms with Gasteiger partial charge in [0.1, 0.15) is 0 Å². The molecule has 1 fully saturated rings. The zero-order chi connectivity index (χ0) is 9.84. The molecule has 76 valence electrons. The highest BCUT2D eigenvalue weighted by molar-refractivity contribution is 5.73. The number of rotatable bonds is 2. The molecule has 4 nitrogen and oxygen atoms in total. The van der Waals surface area contributed by atoms with Crippen LogP contribution in [0, 0.1) is 0 Å². The van der Waals surface area contributed by atoms with Gasteiger partial charge in [0, 0.05) is 33.7 Å². The van der Waals surface area contributed by atoms with Gasteiger partial charge in [-0.3, -0.25) is 0 Å². The number of nitrogens with zero attached hydrogens (tertiary/aromatic N) is 2. The highest BCUT2D eigenvalue weighted by Crippen LogP contribution is 2.06. The van der Waals surface area contributed by atoms with Crippen molar-refractivity contribution in [3.8, 4) is 0 Å². The van der Waals surface area contributed by atoms with Crippen LogP contribution < -0.4 is 5.32 Å². The lowest BCUT2D eigenvalue weighted by atomic mass is 10.2. The lowest BCUT2D eigenvalue weighted by Crippen LogP contribution is -2.43. The molecule has 13 heavy (non-hydrogen) atoms. The summed E-state index contributed by atoms with van der Waals surface area (Å²) in [7, 11) is 5.41. The third kappa shape index (κ3) is 2.88. The Morgan fingerprint density at radius 3 is 2.62 bits per heavy atom. The molecular weight excluding hydrogens is 166 g/mol. The maximum absolute atomic E-state index is 11.5. The second kappa shape index (κ2) is 4.46. The summed E-state index contributed by atoms with van der Waals surface area (Å²) in [6, 6.07) is 0.572. The second-order valence-corrected chi connectivity index (χ2v) is 3.85. The predicted molar refractivity (Wildman–Crippen MR) is 52.7 cm³/mol. The Morgan fingerprint density at radius 1 is 1.46 bits per heavy atom. The van der Waals surface area contributed by atoms with Crippen LogP contribution in [0.5, 0.6) is 0 Å². The highest BCUT2D eigenvalue weighted by atomic mass is 16.2. The van der Waals surface area contributed by atoms with Crippen LogP contribution in [0.3, 0.4) is 0 Å². The molecular formula is C9H19N3O. The summed E-state index contributed by atoms with van der Waals surface area (Å²) in [6.07, 6.45) is 2.42. The average molecular weight is 185 g/mol. The van der Waals surface area contributed by atoms with Gasteiger partial charge in [-0.1, -0.05) is 0 Å². The first-order valence-corrected chi connectivity index (χ1v) is 4.77. The maximum atomic E-state index is 11.5. The highest BCUT2D eigenvalue weighted by Gasteiger charge is 2.19. The van der Waals surface area contributed by atoms with Gasteiger partial charge < -0.3 is 15.1 Å². The first kappa shape index (κ1) is 10.3. The van der Waals surface area contributed by atoms with Gasteiger partial charge in [0.15, 0.2) is 0 Å². The molecule has 1 aliphatic rings. The van der Waals surface area contributed by atoms with Crippen molar-refractivity contribution in [1.82, 2.24) is 15.1 Å². The van der Waals surface area contributed by atoms with Crippen molar-refractivity contribution < 1.29 is 4.79 Å². The molecule has 2 amide bonds. The Bertz CT molecular complexity index is 176. The topological polar surface area (TPSA) is 35.6 Å². The van der Waals surface area contributed by atoms with Crippen LogP contribution in [0.4, 0.5) is 4.79 Å². The number of nitrogens with one attached hydrogen (secondary N) is 1. The van der Waals surface area contributed by atoms with Crippen LogP contribution >= 0.6 is 0 Å². The number of urea groups is 1. The molecule has 1 rings (SSSR count). The van der Waals surface area contributed by atoms with Crippen LogP contribution in [0.2, 0.25) is 0 Å². The molecule has 1 heterocycles. The van der Waals surface area contributed by atoms with Gasteiger partial charge in [0.25, 0.3) is 0 Å². The lowest BCUT2D eigenvalue weighted by Gasteiger charge is -2.24. The second-order valence-electron chi connectivity index (χ2n) is 3.85. The standard InChI is InChI=1S/C9H19N3O/c1-11(2)9(13)12(3)7-8-5-4-6-10-8/h8,10H,4-7H2,1-3H3. The Labute approximate surface area is 79.9 Å². The Kier molecular flexibility index (Phi) is 3.54. The van der Waals surface area contributed by atoms with Crippen LogP contribution in [-0.4, -0.2) is 56.1 Å². The molecule has 0 aliphatic carbocycles. The van der Waals surface area contributed by atoms with Gasteiger partial charge in [-0.15, -0.1) is 0 Å². The maximum Gasteiger partial charge on any atom is 0.319 e. The SMILES string of the molecule is CN(C)C(=O)N(C)CC1CCCN1. The molecule has 0 aromatic rings. The molecule has 0 aromatic heterocycles. The van der Waals surface area contributed by atoms with E-state index >= 15 is 0 Å². The van der Waals surface area contributed by atoms with E-state index in [1.807, 2.05) is 7.05 Å². The van der Waals surface area contributed by atoms with Gasteiger partial charge >= 0.3 is 6.03 Å². The number of likely N-dealkylation sites (N-methyl/N-ethyl adjacent to an activating group) is 1. The predicted octanol–water partition coefficient (Wildman–Crippen LogP) is 0.352. The zero-order valence-electron chi connectivity index (χ0n) is 8.71. The fraction of sp³-hybridized carbons (Fsp3) is 0.889. The van der Waals surface area contributed by atoms with Gasteiger partial charge in [-0.2, -0.15) is 0 Å². The third-order valence-corrected chi connectivity index (χ3v) is 2.37. The molecule has 1 N–H and O–H groups in total. The smallest absolute Gasteiger partial charge is 0.319 e. The first-order chi connectivity index (χ1) is 6.11. The fourth-order valence-corrected chi connectivity index (χ4v) is 1.66.